The van der Waals surface area contributed by atoms with Crippen molar-refractivity contribution in [3.8, 4) is 0 Å². The van der Waals surface area contributed by atoms with Gasteiger partial charge in [0.15, 0.2) is 6.10 Å². The van der Waals surface area contributed by atoms with Gasteiger partial charge in [-0.2, -0.15) is 0 Å². The monoisotopic (exact) mass is 1440 g/mol. The average molecular weight is 1440 g/mol. The first-order chi connectivity index (χ1) is 50.6. The molecule has 2 atom stereocenters. The van der Waals surface area contributed by atoms with E-state index in [1.54, 1.807) is 0 Å². The van der Waals surface area contributed by atoms with Gasteiger partial charge < -0.3 is 28.5 Å². The molecule has 0 spiro atoms. The lowest BCUT2D eigenvalue weighted by atomic mass is 10.0. The summed E-state index contributed by atoms with van der Waals surface area (Å²) in [6, 6.07) is 0. The summed E-state index contributed by atoms with van der Waals surface area (Å²) in [5.74, 6) is -1.97. The fourth-order valence-electron chi connectivity index (χ4n) is 13.1. The van der Waals surface area contributed by atoms with E-state index in [1.165, 1.54) is 315 Å². The molecule has 598 valence electrons. The molecule has 0 bridgehead atoms. The van der Waals surface area contributed by atoms with E-state index in [0.29, 0.717) is 17.4 Å². The van der Waals surface area contributed by atoms with E-state index in [1.807, 2.05) is 21.1 Å². The number of likely N-dealkylation sites (N-methyl/N-ethyl adjacent to an activating group) is 1. The second-order valence-electron chi connectivity index (χ2n) is 31.2. The zero-order valence-corrected chi connectivity index (χ0v) is 68.7. The first-order valence-corrected chi connectivity index (χ1v) is 44.4. The van der Waals surface area contributed by atoms with Crippen LogP contribution in [0, 0.1) is 0 Å². The molecule has 0 amide bonds. The normalized spacial score (nSPS) is 13.1. The highest BCUT2D eigenvalue weighted by Crippen LogP contribution is 2.20. The van der Waals surface area contributed by atoms with Crippen LogP contribution in [0.2, 0.25) is 0 Å². The first-order valence-electron chi connectivity index (χ1n) is 44.4. The third-order valence-electron chi connectivity index (χ3n) is 19.8. The molecule has 0 radical (unpaired) electrons. The van der Waals surface area contributed by atoms with Gasteiger partial charge in [-0.3, -0.25) is 9.59 Å². The van der Waals surface area contributed by atoms with Gasteiger partial charge in [-0.25, -0.2) is 4.79 Å². The largest absolute Gasteiger partial charge is 0.477 e. The number of carbonyl (C=O) groups is 3. The lowest BCUT2D eigenvalue weighted by Crippen LogP contribution is -2.40. The highest BCUT2D eigenvalue weighted by atomic mass is 16.7. The second kappa shape index (κ2) is 83.8. The number of carboxylic acid groups (broad SMARTS) is 1. The van der Waals surface area contributed by atoms with Gasteiger partial charge in [-0.15, -0.1) is 0 Å². The molecule has 9 heteroatoms. The number of esters is 2. The molecule has 0 aromatic carbocycles. The van der Waals surface area contributed by atoms with Crippen LogP contribution in [0.25, 0.3) is 0 Å². The predicted octanol–water partition coefficient (Wildman–Crippen LogP) is 29.0. The quantitative estimate of drug-likeness (QED) is 0.0211. The molecular formula is C94H170NO8+. The molecule has 103 heavy (non-hydrogen) atoms. The van der Waals surface area contributed by atoms with Gasteiger partial charge >= 0.3 is 17.9 Å². The molecule has 0 aliphatic heterocycles. The molecular weight excluding hydrogens is 1270 g/mol. The van der Waals surface area contributed by atoms with E-state index in [0.717, 1.165) is 83.5 Å². The molecule has 1 N–H and O–H groups in total. The predicted molar refractivity (Wildman–Crippen MR) is 447 cm³/mol. The van der Waals surface area contributed by atoms with Crippen LogP contribution in [0.5, 0.6) is 0 Å². The minimum atomic E-state index is -1.51. The van der Waals surface area contributed by atoms with Crippen LogP contribution in [0.3, 0.4) is 0 Å². The van der Waals surface area contributed by atoms with Crippen LogP contribution < -0.4 is 0 Å². The number of carbonyl (C=O) groups excluding carboxylic acids is 2. The number of nitrogens with zero attached hydrogens (tertiary/aromatic N) is 1. The van der Waals surface area contributed by atoms with Crippen molar-refractivity contribution < 1.29 is 42.9 Å². The minimum Gasteiger partial charge on any atom is -0.477 e. The van der Waals surface area contributed by atoms with Gasteiger partial charge in [0.05, 0.1) is 34.4 Å². The van der Waals surface area contributed by atoms with Gasteiger partial charge in [-0.05, 0) is 96.3 Å². The summed E-state index contributed by atoms with van der Waals surface area (Å²) in [5, 5.41) is 9.79. The Morgan fingerprint density at radius 1 is 0.301 bits per heavy atom. The molecule has 0 rings (SSSR count). The number of aliphatic carboxylic acids is 1. The zero-order valence-electron chi connectivity index (χ0n) is 68.7. The molecule has 0 aliphatic carbocycles. The Balaban J connectivity index is 3.92. The molecule has 2 unspecified atom stereocenters. The van der Waals surface area contributed by atoms with Crippen molar-refractivity contribution in [1.29, 1.82) is 0 Å². The van der Waals surface area contributed by atoms with Gasteiger partial charge in [0, 0.05) is 12.8 Å². The van der Waals surface area contributed by atoms with Crippen LogP contribution in [0.1, 0.15) is 425 Å². The fraction of sp³-hybridized carbons (Fsp3) is 0.798. The summed E-state index contributed by atoms with van der Waals surface area (Å²) in [6.07, 6.45) is 115. The Morgan fingerprint density at radius 3 is 0.825 bits per heavy atom. The minimum absolute atomic E-state index is 0.178. The summed E-state index contributed by atoms with van der Waals surface area (Å²) in [7, 11) is 6.00. The highest BCUT2D eigenvalue weighted by Gasteiger charge is 2.25. The van der Waals surface area contributed by atoms with Crippen molar-refractivity contribution in [1.82, 2.24) is 0 Å². The van der Waals surface area contributed by atoms with E-state index < -0.39 is 18.4 Å². The summed E-state index contributed by atoms with van der Waals surface area (Å²) in [6.45, 7) is 4.82. The Hall–Kier alpha value is -3.79. The van der Waals surface area contributed by atoms with Crippen LogP contribution in [-0.2, 0) is 33.3 Å². The number of rotatable bonds is 83. The number of unbranched alkanes of at least 4 members (excludes halogenated alkanes) is 52. The SMILES string of the molecule is CC/C=C\C/C=C\C/C=C\C/C=C\C/C=C\CCCCCCCCCCCCCCCCCCCCCCCCCCCC(=O)OC(COC(=O)CCCCCCCCCCCCCCCCCCCCCCCC/C=C\C/C=C\C/C=C\CCCCCCC)COC(OCC[N+](C)(C)C)C(=O)O. The first kappa shape index (κ1) is 99.2. The fourth-order valence-corrected chi connectivity index (χ4v) is 13.1. The number of hydrogen-bond acceptors (Lipinski definition) is 7. The van der Waals surface area contributed by atoms with Gasteiger partial charge in [0.25, 0.3) is 6.29 Å². The van der Waals surface area contributed by atoms with Gasteiger partial charge in [0.2, 0.25) is 0 Å². The number of quaternary nitrogens is 1. The Bertz CT molecular complexity index is 2030. The third kappa shape index (κ3) is 85.3. The highest BCUT2D eigenvalue weighted by molar-refractivity contribution is 5.71. The van der Waals surface area contributed by atoms with Gasteiger partial charge in [-0.1, -0.05) is 413 Å². The smallest absolute Gasteiger partial charge is 0.361 e. The molecule has 0 aromatic rings. The third-order valence-corrected chi connectivity index (χ3v) is 19.8. The van der Waals surface area contributed by atoms with Crippen molar-refractivity contribution in [2.75, 3.05) is 47.5 Å². The van der Waals surface area contributed by atoms with E-state index in [-0.39, 0.29) is 38.2 Å². The van der Waals surface area contributed by atoms with E-state index >= 15 is 0 Å². The van der Waals surface area contributed by atoms with Crippen molar-refractivity contribution >= 4 is 17.9 Å². The maximum atomic E-state index is 13.0. The molecule has 0 saturated carbocycles. The number of ether oxygens (including phenoxy) is 4. The lowest BCUT2D eigenvalue weighted by Gasteiger charge is -2.25. The summed E-state index contributed by atoms with van der Waals surface area (Å²) < 4.78 is 23.1. The Morgan fingerprint density at radius 2 is 0.553 bits per heavy atom. The van der Waals surface area contributed by atoms with Crippen LogP contribution in [0.15, 0.2) is 97.2 Å². The van der Waals surface area contributed by atoms with Crippen molar-refractivity contribution in [2.24, 2.45) is 0 Å². The lowest BCUT2D eigenvalue weighted by molar-refractivity contribution is -0.870. The number of hydrogen-bond donors (Lipinski definition) is 1. The average Bonchev–Trinajstić information content (AvgIpc) is 1.01. The molecule has 0 heterocycles. The zero-order chi connectivity index (χ0) is 74.6. The summed E-state index contributed by atoms with van der Waals surface area (Å²) >= 11 is 0. The number of allylic oxidation sites excluding steroid dienone is 16. The molecule has 0 fully saturated rings. The van der Waals surface area contributed by atoms with Crippen LogP contribution >= 0.6 is 0 Å². The van der Waals surface area contributed by atoms with Crippen molar-refractivity contribution in [3.05, 3.63) is 97.2 Å². The molecule has 0 saturated heterocycles. The van der Waals surface area contributed by atoms with Crippen molar-refractivity contribution in [3.63, 3.8) is 0 Å². The Kier molecular flexibility index (Phi) is 80.8. The molecule has 0 aromatic heterocycles. The second-order valence-corrected chi connectivity index (χ2v) is 31.2. The molecule has 9 nitrogen and oxygen atoms in total. The van der Waals surface area contributed by atoms with Crippen LogP contribution in [0.4, 0.5) is 0 Å². The van der Waals surface area contributed by atoms with E-state index in [9.17, 15) is 19.5 Å². The number of carboxylic acids is 1. The van der Waals surface area contributed by atoms with Crippen molar-refractivity contribution in [2.45, 2.75) is 437 Å². The molecule has 0 aliphatic rings. The maximum Gasteiger partial charge on any atom is 0.361 e. The van der Waals surface area contributed by atoms with E-state index in [2.05, 4.69) is 111 Å². The standard InChI is InChI=1S/C94H169NO8/c1-6-8-10-12-14-16-18-20-22-24-26-28-30-32-34-36-38-40-42-44-45-46-47-49-51-53-55-57-59-61-63-65-67-69-71-73-75-77-79-81-83-85-92(97)103-90(89-102-94(93(98)99)100-87-86-95(3,4)5)88-101-91(96)84-82-80-78-76-74-72-70-68-66-64-62-60-58-56-54-52-50-48-43-41-39-37-35-33-31-29-27-25-23-21-19-17-15-13-11-9-7-2/h8,10,14,16,19-22,25-28,31-34,90,94H,6-7,9,11-13,15,17-18,23-24,29-30,35-89H2,1-5H3/p+1/b10-8-,16-14-,21-19-,22-20-,27-25-,28-26-,33-31-,34-32-. The summed E-state index contributed by atoms with van der Waals surface area (Å²) in [5.41, 5.74) is 0. The summed E-state index contributed by atoms with van der Waals surface area (Å²) in [4.78, 5) is 37.8. The maximum absolute atomic E-state index is 13.0. The topological polar surface area (TPSA) is 108 Å². The van der Waals surface area contributed by atoms with Gasteiger partial charge in [0.1, 0.15) is 13.2 Å². The van der Waals surface area contributed by atoms with E-state index in [4.69, 9.17) is 18.9 Å². The Labute approximate surface area is 639 Å². The van der Waals surface area contributed by atoms with Crippen LogP contribution in [-0.4, -0.2) is 87.4 Å².